The topological polar surface area (TPSA) is 338 Å². The number of carboxylic acid groups (broad SMARTS) is 1. The van der Waals surface area contributed by atoms with Crippen molar-refractivity contribution in [1.29, 1.82) is 0 Å². The van der Waals surface area contributed by atoms with Crippen LogP contribution in [0, 0.1) is 0 Å². The number of aliphatic hydroxyl groups is 10. The number of ether oxygens (including phenoxy) is 6. The molecule has 0 aromatic rings. The zero-order chi connectivity index (χ0) is 32.4. The first kappa shape index (κ1) is 35.8. The Kier molecular flexibility index (Phi) is 12.1. The average molecular weight is 634 g/mol. The van der Waals surface area contributed by atoms with Crippen LogP contribution in [0.4, 0.5) is 0 Å². The molecule has 3 saturated heterocycles. The molecule has 3 fully saturated rings. The van der Waals surface area contributed by atoms with Crippen LogP contribution in [0.5, 0.6) is 0 Å². The molecule has 0 saturated carbocycles. The van der Waals surface area contributed by atoms with E-state index < -0.39 is 136 Å². The molecule has 3 aliphatic rings. The van der Waals surface area contributed by atoms with Crippen molar-refractivity contribution < 1.29 is 94.2 Å². The lowest BCUT2D eigenvalue weighted by molar-refractivity contribution is -0.384. The van der Waals surface area contributed by atoms with Crippen LogP contribution in [-0.4, -0.2) is 186 Å². The molecule has 0 amide bonds. The lowest BCUT2D eigenvalue weighted by Gasteiger charge is -2.50. The Hall–Kier alpha value is -1.70. The number of aliphatic hydroxyl groups excluding tert-OH is 10. The molecule has 3 rings (SSSR count). The van der Waals surface area contributed by atoms with Crippen LogP contribution < -0.4 is 5.73 Å². The molecule has 3 aliphatic heterocycles. The molecule has 20 nitrogen and oxygen atoms in total. The average Bonchev–Trinajstić information content (AvgIpc) is 2.96. The van der Waals surface area contributed by atoms with E-state index in [4.69, 9.17) is 34.2 Å². The van der Waals surface area contributed by atoms with Crippen LogP contribution in [0.15, 0.2) is 0 Å². The van der Waals surface area contributed by atoms with Crippen LogP contribution in [0.3, 0.4) is 0 Å². The Labute approximate surface area is 243 Å². The Balaban J connectivity index is 1.96. The maximum Gasteiger partial charge on any atom is 0.364 e. The van der Waals surface area contributed by atoms with Crippen molar-refractivity contribution in [2.45, 2.75) is 111 Å². The van der Waals surface area contributed by atoms with E-state index in [1.807, 2.05) is 0 Å². The Morgan fingerprint density at radius 3 is 2.09 bits per heavy atom. The van der Waals surface area contributed by atoms with Crippen molar-refractivity contribution in [1.82, 2.24) is 0 Å². The number of nitrogens with two attached hydrogens (primary N) is 1. The molecule has 0 bridgehead atoms. The smallest absolute Gasteiger partial charge is 0.364 e. The summed E-state index contributed by atoms with van der Waals surface area (Å²) in [5.74, 6) is -5.85. The maximum atomic E-state index is 12.6. The van der Waals surface area contributed by atoms with E-state index in [2.05, 4.69) is 0 Å². The monoisotopic (exact) mass is 633 g/mol. The summed E-state index contributed by atoms with van der Waals surface area (Å²) in [5.41, 5.74) is 6.03. The summed E-state index contributed by atoms with van der Waals surface area (Å²) >= 11 is 0. The number of aliphatic carboxylic acids is 1. The lowest BCUT2D eigenvalue weighted by atomic mass is 9.88. The molecule has 0 aromatic heterocycles. The van der Waals surface area contributed by atoms with Gasteiger partial charge in [-0.05, 0) is 0 Å². The molecule has 3 heterocycles. The standard InChI is InChI=1S/C23H39NO19/c1-6(28)38-8-2-23(22(36)37,42-18(11(8)24)12(30)7(29)3-25)43-19-13(31)9(4-26)40-21(16(19)34)41-17-10(5-27)39-20(35)15(33)14(17)32/h7-21,25-27,29-35H,2-5,24H2,1H3,(H,36,37)/t7-,8+,9-,10-,11-,12-,13+,14-,15-,16-,17-,18-,19+,20?,21+,23+/m1/s1. The van der Waals surface area contributed by atoms with Crippen molar-refractivity contribution in [3.8, 4) is 0 Å². The van der Waals surface area contributed by atoms with E-state index in [0.29, 0.717) is 0 Å². The van der Waals surface area contributed by atoms with Crippen molar-refractivity contribution in [3.63, 3.8) is 0 Å². The largest absolute Gasteiger partial charge is 0.477 e. The van der Waals surface area contributed by atoms with Crippen molar-refractivity contribution in [2.24, 2.45) is 5.73 Å². The molecule has 0 aliphatic carbocycles. The van der Waals surface area contributed by atoms with Crippen LogP contribution in [0.25, 0.3) is 0 Å². The summed E-state index contributed by atoms with van der Waals surface area (Å²) in [4.78, 5) is 24.4. The van der Waals surface area contributed by atoms with Gasteiger partial charge >= 0.3 is 11.9 Å². The zero-order valence-corrected chi connectivity index (χ0v) is 22.8. The first-order chi connectivity index (χ1) is 20.1. The molecule has 0 aromatic carbocycles. The first-order valence-corrected chi connectivity index (χ1v) is 13.2. The maximum absolute atomic E-state index is 12.6. The quantitative estimate of drug-likeness (QED) is 0.0939. The van der Waals surface area contributed by atoms with Crippen molar-refractivity contribution in [3.05, 3.63) is 0 Å². The van der Waals surface area contributed by atoms with Gasteiger partial charge in [-0.15, -0.1) is 0 Å². The van der Waals surface area contributed by atoms with Gasteiger partial charge in [0.15, 0.2) is 12.6 Å². The fourth-order valence-corrected chi connectivity index (χ4v) is 5.10. The summed E-state index contributed by atoms with van der Waals surface area (Å²) in [6, 6.07) is -1.48. The van der Waals surface area contributed by atoms with Gasteiger partial charge in [0.25, 0.3) is 5.79 Å². The zero-order valence-electron chi connectivity index (χ0n) is 22.8. The van der Waals surface area contributed by atoms with Gasteiger partial charge in [0, 0.05) is 6.92 Å². The molecule has 13 N–H and O–H groups in total. The number of carbonyl (C=O) groups excluding carboxylic acids is 1. The van der Waals surface area contributed by atoms with Gasteiger partial charge in [-0.3, -0.25) is 4.79 Å². The van der Waals surface area contributed by atoms with Crippen LogP contribution in [0.1, 0.15) is 13.3 Å². The van der Waals surface area contributed by atoms with E-state index in [0.717, 1.165) is 6.92 Å². The third-order valence-electron chi connectivity index (χ3n) is 7.44. The van der Waals surface area contributed by atoms with Gasteiger partial charge in [0.2, 0.25) is 0 Å². The molecular formula is C23H39NO19. The normalized spacial score (nSPS) is 45.3. The third-order valence-corrected chi connectivity index (χ3v) is 7.44. The third kappa shape index (κ3) is 7.41. The highest BCUT2D eigenvalue weighted by atomic mass is 16.8. The second-order valence-electron chi connectivity index (χ2n) is 10.4. The van der Waals surface area contributed by atoms with Crippen LogP contribution in [-0.2, 0) is 38.0 Å². The summed E-state index contributed by atoms with van der Waals surface area (Å²) in [6.45, 7) is -1.87. The number of carbonyl (C=O) groups is 2. The van der Waals surface area contributed by atoms with Crippen LogP contribution in [0.2, 0.25) is 0 Å². The molecule has 43 heavy (non-hydrogen) atoms. The summed E-state index contributed by atoms with van der Waals surface area (Å²) in [7, 11) is 0. The van der Waals surface area contributed by atoms with E-state index in [9.17, 15) is 65.8 Å². The molecule has 0 radical (unpaired) electrons. The lowest BCUT2D eigenvalue weighted by Crippen LogP contribution is -2.70. The highest BCUT2D eigenvalue weighted by Gasteiger charge is 2.60. The second kappa shape index (κ2) is 14.6. The summed E-state index contributed by atoms with van der Waals surface area (Å²) < 4.78 is 32.0. The molecule has 0 spiro atoms. The Bertz CT molecular complexity index is 942. The fourth-order valence-electron chi connectivity index (χ4n) is 5.10. The van der Waals surface area contributed by atoms with Gasteiger partial charge in [-0.25, -0.2) is 4.79 Å². The van der Waals surface area contributed by atoms with Gasteiger partial charge in [-0.1, -0.05) is 0 Å². The number of rotatable bonds is 11. The summed E-state index contributed by atoms with van der Waals surface area (Å²) in [5, 5.41) is 111. The Morgan fingerprint density at radius 1 is 0.930 bits per heavy atom. The van der Waals surface area contributed by atoms with Gasteiger partial charge in [-0.2, -0.15) is 0 Å². The predicted octanol–water partition coefficient (Wildman–Crippen LogP) is -7.83. The molecule has 250 valence electrons. The highest BCUT2D eigenvalue weighted by molar-refractivity contribution is 5.76. The Morgan fingerprint density at radius 2 is 1.56 bits per heavy atom. The number of carboxylic acids is 1. The minimum Gasteiger partial charge on any atom is -0.477 e. The van der Waals surface area contributed by atoms with Crippen molar-refractivity contribution in [2.75, 3.05) is 19.8 Å². The molecule has 1 unspecified atom stereocenters. The fraction of sp³-hybridized carbons (Fsp3) is 0.913. The van der Waals surface area contributed by atoms with Gasteiger partial charge in [0.05, 0.1) is 32.3 Å². The van der Waals surface area contributed by atoms with E-state index >= 15 is 0 Å². The van der Waals surface area contributed by atoms with Crippen LogP contribution >= 0.6 is 0 Å². The molecule has 16 atom stereocenters. The number of hydrogen-bond acceptors (Lipinski definition) is 19. The van der Waals surface area contributed by atoms with Crippen molar-refractivity contribution >= 4 is 11.9 Å². The van der Waals surface area contributed by atoms with E-state index in [1.165, 1.54) is 0 Å². The molecule has 20 heteroatoms. The SMILES string of the molecule is CC(=O)O[C@H]1C[C@](O[C@H]2[C@@H](O)[C@@H](CO)O[C@@H](O[C@H]3[C@H](O)[C@@H](O)C(O)O[C@@H]3CO)[C@@H]2O)(C(=O)O)O[C@@H]([C@H](O)[C@H](O)CO)[C@@H]1N. The predicted molar refractivity (Wildman–Crippen MR) is 130 cm³/mol. The van der Waals surface area contributed by atoms with Gasteiger partial charge in [0.1, 0.15) is 73.2 Å². The number of hydrogen-bond donors (Lipinski definition) is 12. The first-order valence-electron chi connectivity index (χ1n) is 13.2. The molecular weight excluding hydrogens is 594 g/mol. The summed E-state index contributed by atoms with van der Waals surface area (Å²) in [6.07, 6.45) is -27.2. The number of esters is 1. The highest BCUT2D eigenvalue weighted by Crippen LogP contribution is 2.38. The van der Waals surface area contributed by atoms with E-state index in [-0.39, 0.29) is 0 Å². The van der Waals surface area contributed by atoms with E-state index in [1.54, 1.807) is 0 Å². The minimum absolute atomic E-state index is 0.864. The van der Waals surface area contributed by atoms with Gasteiger partial charge < -0.3 is 90.3 Å². The minimum atomic E-state index is -2.98. The second-order valence-corrected chi connectivity index (χ2v) is 10.4.